The predicted molar refractivity (Wildman–Crippen MR) is 207 cm³/mol. The van der Waals surface area contributed by atoms with Crippen molar-refractivity contribution in [3.63, 3.8) is 0 Å². The number of carbonyl (C=O) groups excluding carboxylic acids is 1. The number of aliphatic hydroxyl groups is 2. The number of likely N-dealkylation sites (N-methyl/N-ethyl adjacent to an activating group) is 1. The normalized spacial score (nSPS) is 12.4. The Kier molecular flexibility index (Phi) is 15.6. The van der Waals surface area contributed by atoms with Gasteiger partial charge in [0.15, 0.2) is 12.2 Å². The van der Waals surface area contributed by atoms with Crippen LogP contribution >= 0.6 is 0 Å². The number of aliphatic hydroxyl groups excluding tert-OH is 2. The summed E-state index contributed by atoms with van der Waals surface area (Å²) in [6, 6.07) is 29.9. The fourth-order valence-corrected chi connectivity index (χ4v) is 6.01. The van der Waals surface area contributed by atoms with Gasteiger partial charge >= 0.3 is 18.1 Å². The zero-order valence-corrected chi connectivity index (χ0v) is 31.5. The van der Waals surface area contributed by atoms with Crippen LogP contribution in [0.1, 0.15) is 36.4 Å². The molecule has 12 nitrogen and oxygen atoms in total. The molecule has 5 rings (SSSR count). The molecule has 302 valence electrons. The van der Waals surface area contributed by atoms with Gasteiger partial charge in [0.1, 0.15) is 12.4 Å². The number of rotatable bonds is 16. The number of hydrogen-bond acceptors (Lipinski definition) is 8. The summed E-state index contributed by atoms with van der Waals surface area (Å²) in [5.41, 5.74) is 3.17. The molecule has 0 saturated carbocycles. The second kappa shape index (κ2) is 20.3. The molecule has 0 aliphatic carbocycles. The van der Waals surface area contributed by atoms with Crippen LogP contribution in [0, 0.1) is 0 Å². The van der Waals surface area contributed by atoms with E-state index in [2.05, 4.69) is 23.7 Å². The van der Waals surface area contributed by atoms with E-state index >= 15 is 0 Å². The number of carboxylic acids is 2. The van der Waals surface area contributed by atoms with Gasteiger partial charge in [-0.2, -0.15) is 18.2 Å². The Morgan fingerprint density at radius 3 is 1.81 bits per heavy atom. The minimum atomic E-state index is -4.39. The highest BCUT2D eigenvalue weighted by Gasteiger charge is 2.30. The van der Waals surface area contributed by atoms with Crippen molar-refractivity contribution in [2.75, 3.05) is 26.2 Å². The zero-order valence-electron chi connectivity index (χ0n) is 31.5. The molecular formula is C42H45F3N4O8. The van der Waals surface area contributed by atoms with Crippen molar-refractivity contribution in [1.82, 2.24) is 19.4 Å². The molecule has 4 aromatic carbocycles. The number of benzene rings is 4. The van der Waals surface area contributed by atoms with Crippen LogP contribution in [0.4, 0.5) is 13.2 Å². The number of amides is 1. The first kappa shape index (κ1) is 43.8. The van der Waals surface area contributed by atoms with Crippen molar-refractivity contribution in [2.45, 2.75) is 58.2 Å². The van der Waals surface area contributed by atoms with Crippen LogP contribution in [0.5, 0.6) is 0 Å². The van der Waals surface area contributed by atoms with Crippen LogP contribution in [-0.2, 0) is 46.5 Å². The van der Waals surface area contributed by atoms with E-state index in [0.717, 1.165) is 41.9 Å². The average Bonchev–Trinajstić information content (AvgIpc) is 3.21. The number of para-hydroxylation sites is 1. The van der Waals surface area contributed by atoms with Crippen LogP contribution in [0.15, 0.2) is 108 Å². The van der Waals surface area contributed by atoms with Gasteiger partial charge in [0.05, 0.1) is 16.5 Å². The van der Waals surface area contributed by atoms with E-state index < -0.39 is 35.9 Å². The van der Waals surface area contributed by atoms with Gasteiger partial charge in [-0.15, -0.1) is 0 Å². The Morgan fingerprint density at radius 2 is 1.26 bits per heavy atom. The highest BCUT2D eigenvalue weighted by Crippen LogP contribution is 2.31. The lowest BCUT2D eigenvalue weighted by Crippen LogP contribution is -2.40. The van der Waals surface area contributed by atoms with Crippen molar-refractivity contribution in [2.24, 2.45) is 0 Å². The van der Waals surface area contributed by atoms with Crippen molar-refractivity contribution in [3.05, 3.63) is 136 Å². The average molecular weight is 791 g/mol. The Balaban J connectivity index is 0.000000635. The van der Waals surface area contributed by atoms with Crippen molar-refractivity contribution < 1.29 is 48.0 Å². The van der Waals surface area contributed by atoms with Crippen molar-refractivity contribution in [3.8, 4) is 11.1 Å². The molecule has 0 fully saturated rings. The van der Waals surface area contributed by atoms with Crippen LogP contribution < -0.4 is 5.56 Å². The quantitative estimate of drug-likeness (QED) is 0.105. The highest BCUT2D eigenvalue weighted by molar-refractivity contribution is 5.83. The molecule has 15 heteroatoms. The zero-order chi connectivity index (χ0) is 41.7. The molecule has 2 atom stereocenters. The molecule has 1 heterocycles. The van der Waals surface area contributed by atoms with Crippen molar-refractivity contribution in [1.29, 1.82) is 0 Å². The number of alkyl halides is 3. The minimum absolute atomic E-state index is 0.0276. The molecule has 1 amide bonds. The first-order valence-corrected chi connectivity index (χ1v) is 18.2. The molecule has 0 radical (unpaired) electrons. The summed E-state index contributed by atoms with van der Waals surface area (Å²) < 4.78 is 41.0. The summed E-state index contributed by atoms with van der Waals surface area (Å²) in [7, 11) is 0. The molecule has 0 aliphatic heterocycles. The fourth-order valence-electron chi connectivity index (χ4n) is 6.01. The van der Waals surface area contributed by atoms with Crippen LogP contribution in [0.25, 0.3) is 22.0 Å². The molecule has 57 heavy (non-hydrogen) atoms. The van der Waals surface area contributed by atoms with E-state index in [1.807, 2.05) is 76.2 Å². The molecule has 2 unspecified atom stereocenters. The van der Waals surface area contributed by atoms with Crippen LogP contribution in [0.2, 0.25) is 0 Å². The highest BCUT2D eigenvalue weighted by atomic mass is 19.4. The number of halogens is 3. The van der Waals surface area contributed by atoms with Gasteiger partial charge in [0.2, 0.25) is 5.91 Å². The lowest BCUT2D eigenvalue weighted by molar-refractivity contribution is -0.165. The lowest BCUT2D eigenvalue weighted by Gasteiger charge is -2.28. The van der Waals surface area contributed by atoms with E-state index in [1.54, 1.807) is 12.1 Å². The van der Waals surface area contributed by atoms with Gasteiger partial charge in [-0.1, -0.05) is 92.7 Å². The molecule has 1 aromatic heterocycles. The monoisotopic (exact) mass is 790 g/mol. The lowest BCUT2D eigenvalue weighted by atomic mass is 10.0. The van der Waals surface area contributed by atoms with Gasteiger partial charge in [-0.3, -0.25) is 9.59 Å². The Bertz CT molecular complexity index is 2140. The maximum atomic E-state index is 14.2. The van der Waals surface area contributed by atoms with E-state index in [0.29, 0.717) is 54.8 Å². The molecule has 4 N–H and O–H groups in total. The van der Waals surface area contributed by atoms with Crippen LogP contribution in [-0.4, -0.2) is 96.0 Å². The Hall–Kier alpha value is -5.90. The first-order valence-electron chi connectivity index (χ1n) is 18.2. The number of fused-ring (bicyclic) bond motifs is 1. The molecular weight excluding hydrogens is 745 g/mol. The largest absolute Gasteiger partial charge is 0.479 e. The Labute approximate surface area is 327 Å². The van der Waals surface area contributed by atoms with Gasteiger partial charge < -0.3 is 34.8 Å². The molecule has 0 bridgehead atoms. The molecule has 0 saturated heterocycles. The first-order chi connectivity index (χ1) is 27.1. The number of nitrogens with zero attached hydrogens (tertiary/aromatic N) is 4. The smallest absolute Gasteiger partial charge is 0.416 e. The number of aromatic nitrogens is 2. The third-order valence-corrected chi connectivity index (χ3v) is 9.35. The fraction of sp³-hybridized carbons (Fsp3) is 0.310. The van der Waals surface area contributed by atoms with Gasteiger partial charge in [-0.25, -0.2) is 9.59 Å². The third kappa shape index (κ3) is 12.3. The Morgan fingerprint density at radius 1 is 0.719 bits per heavy atom. The van der Waals surface area contributed by atoms with Crippen LogP contribution in [0.3, 0.4) is 0 Å². The number of carbonyl (C=O) groups is 3. The number of hydrogen-bond donors (Lipinski definition) is 4. The summed E-state index contributed by atoms with van der Waals surface area (Å²) >= 11 is 0. The van der Waals surface area contributed by atoms with Gasteiger partial charge in [0, 0.05) is 26.1 Å². The summed E-state index contributed by atoms with van der Waals surface area (Å²) in [5, 5.41) is 33.0. The summed E-state index contributed by atoms with van der Waals surface area (Å²) in [6.45, 7) is 7.49. The van der Waals surface area contributed by atoms with E-state index in [-0.39, 0.29) is 18.0 Å². The second-order valence-electron chi connectivity index (χ2n) is 13.1. The summed E-state index contributed by atoms with van der Waals surface area (Å²) in [6.07, 6.45) is -7.74. The second-order valence-corrected chi connectivity index (χ2v) is 13.1. The molecule has 0 spiro atoms. The van der Waals surface area contributed by atoms with E-state index in [1.165, 1.54) is 12.1 Å². The topological polar surface area (TPSA) is 174 Å². The van der Waals surface area contributed by atoms with Crippen molar-refractivity contribution >= 4 is 28.7 Å². The van der Waals surface area contributed by atoms with Gasteiger partial charge in [0.25, 0.3) is 5.56 Å². The van der Waals surface area contributed by atoms with Gasteiger partial charge in [-0.05, 0) is 66.0 Å². The predicted octanol–water partition coefficient (Wildman–Crippen LogP) is 5.12. The summed E-state index contributed by atoms with van der Waals surface area (Å²) in [5.74, 6) is -3.07. The van der Waals surface area contributed by atoms with E-state index in [9.17, 15) is 32.3 Å². The maximum Gasteiger partial charge on any atom is 0.416 e. The molecule has 5 aromatic rings. The number of aryl methyl sites for hydroxylation is 2. The molecule has 0 aliphatic rings. The maximum absolute atomic E-state index is 14.2. The standard InChI is InChI=1S/C38H39F3N4O2.C4H6O6/c1-3-43(4-2)24-25-44(26-29-14-17-30(18-15-29)31-19-21-32(22-20-31)38(39,40)41)36(46)27-45-34-13-9-8-12-33(34)37(47)42-35(45)23-16-28-10-6-5-7-11-28;5-1(3(7)8)2(6)4(9)10/h5-15,17-22H,3-4,16,23-27H2,1-2H3;1-2,5-6H,(H,7,8)(H,9,10). The number of carboxylic acid groups (broad SMARTS) is 2. The van der Waals surface area contributed by atoms with E-state index in [4.69, 9.17) is 20.4 Å². The third-order valence-electron chi connectivity index (χ3n) is 9.35. The SMILES string of the molecule is CCN(CC)CCN(Cc1ccc(-c2ccc(C(F)(F)F)cc2)cc1)C(=O)Cn1c(CCc2ccccc2)nc(=O)c2ccccc21.O=C(O)C(O)C(O)C(=O)O. The minimum Gasteiger partial charge on any atom is -0.479 e. The number of aliphatic carboxylic acids is 2. The summed E-state index contributed by atoms with van der Waals surface area (Å²) in [4.78, 5) is 55.2.